The Morgan fingerprint density at radius 2 is 1.15 bits per heavy atom. The average Bonchev–Trinajstić information content (AvgIpc) is 3.33. The Morgan fingerprint density at radius 1 is 0.565 bits per heavy atom. The molecule has 4 aliphatic heterocycles. The molecule has 10 heteroatoms. The van der Waals surface area contributed by atoms with E-state index >= 15 is 0 Å². The van der Waals surface area contributed by atoms with Gasteiger partial charge in [-0.3, -0.25) is 0 Å². The third-order valence-electron chi connectivity index (χ3n) is 8.72. The first-order valence-corrected chi connectivity index (χ1v) is 16.4. The lowest BCUT2D eigenvalue weighted by Gasteiger charge is -2.34. The number of piperazine rings is 2. The van der Waals surface area contributed by atoms with E-state index in [4.69, 9.17) is 37.9 Å². The minimum Gasteiger partial charge on any atom is -0.454 e. The largest absolute Gasteiger partial charge is 0.454 e. The van der Waals surface area contributed by atoms with E-state index in [2.05, 4.69) is 57.2 Å². The number of anilines is 2. The highest BCUT2D eigenvalue weighted by Crippen LogP contribution is 2.39. The molecule has 4 aromatic rings. The van der Waals surface area contributed by atoms with Crippen LogP contribution in [0.2, 0.25) is 10.0 Å². The Hall–Kier alpha value is -4.08. The van der Waals surface area contributed by atoms with E-state index in [1.165, 1.54) is 0 Å². The number of nitrogens with one attached hydrogen (secondary N) is 1. The lowest BCUT2D eigenvalue weighted by atomic mass is 10.1. The molecule has 4 heterocycles. The van der Waals surface area contributed by atoms with Gasteiger partial charge in [-0.2, -0.15) is 0 Å². The lowest BCUT2D eigenvalue weighted by Crippen LogP contribution is -2.47. The molecule has 0 atom stereocenters. The molecule has 0 spiro atoms. The summed E-state index contributed by atoms with van der Waals surface area (Å²) in [6, 6.07) is 27.8. The summed E-state index contributed by atoms with van der Waals surface area (Å²) in [6.45, 7) is 8.02. The zero-order valence-corrected chi connectivity index (χ0v) is 27.6. The summed E-state index contributed by atoms with van der Waals surface area (Å²) in [6.07, 6.45) is 0. The number of amidine groups is 2. The fourth-order valence-corrected chi connectivity index (χ4v) is 6.36. The molecular weight excluding hydrogens is 617 g/mol. The number of rotatable bonds is 0. The summed E-state index contributed by atoms with van der Waals surface area (Å²) >= 11 is 12.4. The second-order valence-corrected chi connectivity index (χ2v) is 12.9. The third kappa shape index (κ3) is 6.57. The normalized spacial score (nSPS) is 17.7. The van der Waals surface area contributed by atoms with Crippen LogP contribution in [0.1, 0.15) is 11.1 Å². The van der Waals surface area contributed by atoms with Crippen LogP contribution in [0.4, 0.5) is 22.7 Å². The number of benzene rings is 4. The standard InChI is InChI=1S/C18H19ClN4.C18H18ClN3O/c1-22-8-10-23(11-9-22)18-14-4-2-3-5-15(14)20-16-7-6-13(19)12-17(16)21-18;1-21-8-10-22(11-9-21)18-14-12-13(19)6-7-16(14)23-17-5-3-2-4-15(17)20-18/h2-7,12,20H,8-11H2,1H3;2-7,12H,8-11H2,1H3. The fourth-order valence-electron chi connectivity index (χ4n) is 6.02. The first-order chi connectivity index (χ1) is 22.4. The summed E-state index contributed by atoms with van der Waals surface area (Å²) < 4.78 is 6.09. The minimum atomic E-state index is 0.695. The van der Waals surface area contributed by atoms with E-state index in [1.807, 2.05) is 66.7 Å². The lowest BCUT2D eigenvalue weighted by molar-refractivity contribution is 0.215. The van der Waals surface area contributed by atoms with Crippen molar-refractivity contribution in [3.8, 4) is 11.5 Å². The summed E-state index contributed by atoms with van der Waals surface area (Å²) in [7, 11) is 4.31. The maximum absolute atomic E-state index is 6.23. The summed E-state index contributed by atoms with van der Waals surface area (Å²) in [4.78, 5) is 19.2. The smallest absolute Gasteiger partial charge is 0.153 e. The average molecular weight is 655 g/mol. The number of hydrogen-bond acceptors (Lipinski definition) is 8. The van der Waals surface area contributed by atoms with E-state index < -0.39 is 0 Å². The summed E-state index contributed by atoms with van der Waals surface area (Å²) in [5.41, 5.74) is 5.93. The van der Waals surface area contributed by atoms with Crippen LogP contribution in [0.15, 0.2) is 94.9 Å². The maximum Gasteiger partial charge on any atom is 0.153 e. The monoisotopic (exact) mass is 653 g/mol. The predicted octanol–water partition coefficient (Wildman–Crippen LogP) is 7.49. The van der Waals surface area contributed by atoms with Crippen LogP contribution in [-0.2, 0) is 0 Å². The van der Waals surface area contributed by atoms with Crippen LogP contribution in [-0.4, -0.2) is 97.7 Å². The zero-order valence-electron chi connectivity index (χ0n) is 26.1. The van der Waals surface area contributed by atoms with Crippen molar-refractivity contribution < 1.29 is 4.74 Å². The van der Waals surface area contributed by atoms with Crippen molar-refractivity contribution in [2.45, 2.75) is 0 Å². The molecule has 2 fully saturated rings. The van der Waals surface area contributed by atoms with Crippen molar-refractivity contribution in [1.82, 2.24) is 19.6 Å². The van der Waals surface area contributed by atoms with Crippen LogP contribution in [0.5, 0.6) is 11.5 Å². The van der Waals surface area contributed by atoms with Crippen LogP contribution in [0.3, 0.4) is 0 Å². The molecule has 236 valence electrons. The van der Waals surface area contributed by atoms with Gasteiger partial charge in [0.05, 0.1) is 16.9 Å². The summed E-state index contributed by atoms with van der Waals surface area (Å²) in [5.74, 6) is 3.56. The molecule has 0 bridgehead atoms. The van der Waals surface area contributed by atoms with Gasteiger partial charge in [0.15, 0.2) is 5.75 Å². The second kappa shape index (κ2) is 13.3. The third-order valence-corrected chi connectivity index (χ3v) is 9.19. The highest BCUT2D eigenvalue weighted by Gasteiger charge is 2.26. The number of aliphatic imine (C=N–C) groups is 2. The van der Waals surface area contributed by atoms with Crippen molar-refractivity contribution in [1.29, 1.82) is 0 Å². The van der Waals surface area contributed by atoms with E-state index in [0.29, 0.717) is 10.0 Å². The molecule has 2 saturated heterocycles. The number of likely N-dealkylation sites (N-methyl/N-ethyl adjacent to an activating group) is 2. The fraction of sp³-hybridized carbons (Fsp3) is 0.278. The molecule has 0 aliphatic carbocycles. The van der Waals surface area contributed by atoms with Crippen molar-refractivity contribution in [3.63, 3.8) is 0 Å². The van der Waals surface area contributed by atoms with Crippen molar-refractivity contribution in [2.24, 2.45) is 9.98 Å². The molecule has 0 unspecified atom stereocenters. The number of para-hydroxylation sites is 3. The number of hydrogen-bond donors (Lipinski definition) is 1. The number of fused-ring (bicyclic) bond motifs is 4. The van der Waals surface area contributed by atoms with Crippen molar-refractivity contribution >= 4 is 57.6 Å². The van der Waals surface area contributed by atoms with E-state index in [9.17, 15) is 0 Å². The first kappa shape index (κ1) is 30.6. The molecule has 0 saturated carbocycles. The van der Waals surface area contributed by atoms with Gasteiger partial charge in [0.2, 0.25) is 0 Å². The molecule has 4 aliphatic rings. The van der Waals surface area contributed by atoms with Gasteiger partial charge in [-0.1, -0.05) is 47.5 Å². The number of nitrogens with zero attached hydrogens (tertiary/aromatic N) is 6. The maximum atomic E-state index is 6.23. The Labute approximate surface area is 280 Å². The molecule has 46 heavy (non-hydrogen) atoms. The van der Waals surface area contributed by atoms with Crippen LogP contribution >= 0.6 is 23.2 Å². The van der Waals surface area contributed by atoms with Gasteiger partial charge in [0.25, 0.3) is 0 Å². The molecule has 1 N–H and O–H groups in total. The highest BCUT2D eigenvalue weighted by atomic mass is 35.5. The molecule has 4 aromatic carbocycles. The summed E-state index contributed by atoms with van der Waals surface area (Å²) in [5, 5.41) is 4.90. The number of ether oxygens (including phenoxy) is 1. The SMILES string of the molecule is CN1CCN(C2=Nc3cc(Cl)ccc3Nc3ccccc32)CC1.CN1CCN(C2=Nc3ccccc3Oc3ccc(Cl)cc32)CC1. The first-order valence-electron chi connectivity index (χ1n) is 15.7. The molecule has 8 nitrogen and oxygen atoms in total. The second-order valence-electron chi connectivity index (χ2n) is 12.0. The highest BCUT2D eigenvalue weighted by molar-refractivity contribution is 6.31. The van der Waals surface area contributed by atoms with Gasteiger partial charge < -0.3 is 29.7 Å². The zero-order chi connectivity index (χ0) is 31.6. The van der Waals surface area contributed by atoms with E-state index in [-0.39, 0.29) is 0 Å². The van der Waals surface area contributed by atoms with Crippen molar-refractivity contribution in [3.05, 3.63) is 106 Å². The van der Waals surface area contributed by atoms with Crippen LogP contribution in [0, 0.1) is 0 Å². The van der Waals surface area contributed by atoms with Crippen LogP contribution in [0.25, 0.3) is 0 Å². The number of halogens is 2. The Bertz CT molecular complexity index is 1790. The van der Waals surface area contributed by atoms with Crippen molar-refractivity contribution in [2.75, 3.05) is 71.8 Å². The molecule has 0 aromatic heterocycles. The minimum absolute atomic E-state index is 0.695. The van der Waals surface area contributed by atoms with Gasteiger partial charge in [0.1, 0.15) is 23.1 Å². The Morgan fingerprint density at radius 3 is 1.89 bits per heavy atom. The Balaban J connectivity index is 0.000000147. The molecular formula is C36H37Cl2N7O. The molecule has 8 rings (SSSR count). The van der Waals surface area contributed by atoms with Gasteiger partial charge in [-0.25, -0.2) is 9.98 Å². The van der Waals surface area contributed by atoms with E-state index in [1.54, 1.807) is 0 Å². The molecule has 0 amide bonds. The van der Waals surface area contributed by atoms with E-state index in [0.717, 1.165) is 109 Å². The molecule has 0 radical (unpaired) electrons. The van der Waals surface area contributed by atoms with Gasteiger partial charge in [0, 0.05) is 73.7 Å². The quantitative estimate of drug-likeness (QED) is 0.212. The van der Waals surface area contributed by atoms with Crippen LogP contribution < -0.4 is 10.1 Å². The Kier molecular flexibility index (Phi) is 8.86. The topological polar surface area (TPSA) is 58.9 Å². The van der Waals surface area contributed by atoms with Gasteiger partial charge >= 0.3 is 0 Å². The van der Waals surface area contributed by atoms with Gasteiger partial charge in [-0.15, -0.1) is 0 Å². The van der Waals surface area contributed by atoms with Gasteiger partial charge in [-0.05, 0) is 74.8 Å². The predicted molar refractivity (Wildman–Crippen MR) is 190 cm³/mol.